The predicted molar refractivity (Wildman–Crippen MR) is 106 cm³/mol. The smallest absolute Gasteiger partial charge is 0.337 e. The van der Waals surface area contributed by atoms with Gasteiger partial charge in [0.2, 0.25) is 0 Å². The van der Waals surface area contributed by atoms with Crippen LogP contribution in [0.2, 0.25) is 0 Å². The van der Waals surface area contributed by atoms with Crippen LogP contribution in [0.25, 0.3) is 0 Å². The molecule has 0 aromatic heterocycles. The Morgan fingerprint density at radius 3 is 2.59 bits per heavy atom. The molecule has 3 aliphatic heterocycles. The number of benzene rings is 1. The molecule has 156 valence electrons. The van der Waals surface area contributed by atoms with Gasteiger partial charge in [0.15, 0.2) is 0 Å². The van der Waals surface area contributed by atoms with Crippen molar-refractivity contribution in [1.29, 1.82) is 0 Å². The predicted octanol–water partition coefficient (Wildman–Crippen LogP) is 3.89. The zero-order chi connectivity index (χ0) is 20.6. The lowest BCUT2D eigenvalue weighted by Crippen LogP contribution is -2.43. The molecule has 1 fully saturated rings. The summed E-state index contributed by atoms with van der Waals surface area (Å²) in [6, 6.07) is 5.81. The minimum absolute atomic E-state index is 0.0622. The summed E-state index contributed by atoms with van der Waals surface area (Å²) in [6.45, 7) is 3.30. The second-order valence-electron chi connectivity index (χ2n) is 8.24. The first-order valence-corrected chi connectivity index (χ1v) is 10.2. The first kappa shape index (κ1) is 20.1. The molecule has 4 nitrogen and oxygen atoms in total. The van der Waals surface area contributed by atoms with Crippen LogP contribution in [-0.4, -0.2) is 61.2 Å². The monoisotopic (exact) mass is 405 g/mol. The summed E-state index contributed by atoms with van der Waals surface area (Å²) in [4.78, 5) is 21.6. The maximum absolute atomic E-state index is 13.3. The van der Waals surface area contributed by atoms with E-state index in [2.05, 4.69) is 16.9 Å². The van der Waals surface area contributed by atoms with Crippen molar-refractivity contribution in [2.45, 2.75) is 37.8 Å². The summed E-state index contributed by atoms with van der Waals surface area (Å²) in [6.07, 6.45) is -1.21. The molecular weight excluding hydrogens is 379 g/mol. The Morgan fingerprint density at radius 1 is 1.14 bits per heavy atom. The van der Waals surface area contributed by atoms with E-state index >= 15 is 0 Å². The van der Waals surface area contributed by atoms with E-state index in [1.54, 1.807) is 17.0 Å². The third-order valence-corrected chi connectivity index (χ3v) is 6.28. The summed E-state index contributed by atoms with van der Waals surface area (Å²) in [5, 5.41) is 0. The minimum Gasteiger partial charge on any atom is -0.337 e. The van der Waals surface area contributed by atoms with E-state index in [1.807, 2.05) is 0 Å². The Hall–Kier alpha value is -2.15. The van der Waals surface area contributed by atoms with Gasteiger partial charge in [-0.1, -0.05) is 18.2 Å². The van der Waals surface area contributed by atoms with Gasteiger partial charge in [-0.2, -0.15) is 13.2 Å². The number of halogens is 3. The van der Waals surface area contributed by atoms with Crippen molar-refractivity contribution in [3.63, 3.8) is 0 Å². The highest BCUT2D eigenvalue weighted by atomic mass is 19.4. The molecule has 0 unspecified atom stereocenters. The third kappa shape index (κ3) is 4.10. The van der Waals surface area contributed by atoms with Crippen LogP contribution in [0.1, 0.15) is 42.7 Å². The van der Waals surface area contributed by atoms with Crippen LogP contribution in [0, 0.1) is 0 Å². The van der Waals surface area contributed by atoms with Crippen molar-refractivity contribution in [3.8, 4) is 0 Å². The van der Waals surface area contributed by atoms with Crippen molar-refractivity contribution in [2.24, 2.45) is 4.99 Å². The minimum atomic E-state index is -4.35. The fraction of sp³-hybridized carbons (Fsp3) is 0.545. The van der Waals surface area contributed by atoms with Crippen LogP contribution in [0.15, 0.2) is 40.4 Å². The molecule has 29 heavy (non-hydrogen) atoms. The van der Waals surface area contributed by atoms with E-state index in [9.17, 15) is 18.0 Å². The number of amides is 1. The molecule has 0 atom stereocenters. The lowest BCUT2D eigenvalue weighted by Gasteiger charge is -2.33. The number of hydrogen-bond acceptors (Lipinski definition) is 3. The molecular formula is C22H26F3N3O. The van der Waals surface area contributed by atoms with E-state index in [4.69, 9.17) is 0 Å². The second kappa shape index (κ2) is 7.94. The van der Waals surface area contributed by atoms with Crippen LogP contribution in [0.3, 0.4) is 0 Å². The molecule has 7 heteroatoms. The number of hydrogen-bond donors (Lipinski definition) is 0. The van der Waals surface area contributed by atoms with Gasteiger partial charge in [-0.05, 0) is 68.0 Å². The first-order valence-electron chi connectivity index (χ1n) is 10.2. The standard InChI is InChI=1S/C22H26F3N3O/c1-27-10-4-5-16-13-26-20(18(16)14-27)21(29)28-11-8-15(9-12-28)17-6-2-3-7-19(17)22(23,24)25/h2-3,6-7,15H,4-5,8-14H2,1H3. The third-order valence-electron chi connectivity index (χ3n) is 6.28. The normalized spacial score (nSPS) is 21.8. The maximum atomic E-state index is 13.3. The Balaban J connectivity index is 1.44. The van der Waals surface area contributed by atoms with Gasteiger partial charge in [0.25, 0.3) is 5.91 Å². The van der Waals surface area contributed by atoms with E-state index in [0.717, 1.165) is 37.6 Å². The molecule has 0 spiro atoms. The Kier molecular flexibility index (Phi) is 5.51. The Bertz CT molecular complexity index is 851. The molecule has 1 amide bonds. The van der Waals surface area contributed by atoms with Gasteiger partial charge in [0.1, 0.15) is 5.71 Å². The van der Waals surface area contributed by atoms with Crippen molar-refractivity contribution in [1.82, 2.24) is 9.80 Å². The number of piperidine rings is 1. The lowest BCUT2D eigenvalue weighted by molar-refractivity contribution is -0.138. The number of rotatable bonds is 2. The zero-order valence-electron chi connectivity index (χ0n) is 16.6. The molecule has 0 bridgehead atoms. The van der Waals surface area contributed by atoms with Crippen LogP contribution < -0.4 is 0 Å². The highest BCUT2D eigenvalue weighted by molar-refractivity contribution is 6.46. The molecule has 0 N–H and O–H groups in total. The molecule has 1 saturated heterocycles. The van der Waals surface area contributed by atoms with Crippen molar-refractivity contribution >= 4 is 11.6 Å². The maximum Gasteiger partial charge on any atom is 0.416 e. The fourth-order valence-electron chi connectivity index (χ4n) is 4.71. The quantitative estimate of drug-likeness (QED) is 0.749. The van der Waals surface area contributed by atoms with Crippen LogP contribution in [0.5, 0.6) is 0 Å². The molecule has 0 saturated carbocycles. The number of alkyl halides is 3. The van der Waals surface area contributed by atoms with Gasteiger partial charge in [-0.25, -0.2) is 0 Å². The SMILES string of the molecule is CN1CCCC2=C(C1)C(C(=O)N1CCC(c3ccccc3C(F)(F)F)CC1)=NC2. The lowest BCUT2D eigenvalue weighted by atomic mass is 9.86. The van der Waals surface area contributed by atoms with E-state index in [1.165, 1.54) is 11.6 Å². The van der Waals surface area contributed by atoms with Crippen LogP contribution >= 0.6 is 0 Å². The van der Waals surface area contributed by atoms with Crippen molar-refractivity contribution in [3.05, 3.63) is 46.5 Å². The Labute approximate surface area is 169 Å². The molecule has 0 radical (unpaired) electrons. The largest absolute Gasteiger partial charge is 0.416 e. The summed E-state index contributed by atoms with van der Waals surface area (Å²) in [5.41, 5.74) is 2.70. The number of likely N-dealkylation sites (N-methyl/N-ethyl adjacent to an activating group) is 1. The van der Waals surface area contributed by atoms with Gasteiger partial charge in [-0.15, -0.1) is 0 Å². The van der Waals surface area contributed by atoms with Gasteiger partial charge < -0.3 is 9.80 Å². The van der Waals surface area contributed by atoms with Crippen molar-refractivity contribution in [2.75, 3.05) is 39.8 Å². The van der Waals surface area contributed by atoms with E-state index in [-0.39, 0.29) is 11.8 Å². The first-order chi connectivity index (χ1) is 13.8. The molecule has 1 aromatic rings. The fourth-order valence-corrected chi connectivity index (χ4v) is 4.71. The van der Waals surface area contributed by atoms with Gasteiger partial charge >= 0.3 is 6.18 Å². The van der Waals surface area contributed by atoms with E-state index in [0.29, 0.717) is 43.8 Å². The summed E-state index contributed by atoms with van der Waals surface area (Å²) < 4.78 is 40.0. The molecule has 3 aliphatic rings. The highest BCUT2D eigenvalue weighted by Crippen LogP contribution is 2.38. The van der Waals surface area contributed by atoms with Gasteiger partial charge in [0.05, 0.1) is 12.1 Å². The zero-order valence-corrected chi connectivity index (χ0v) is 16.6. The van der Waals surface area contributed by atoms with Crippen molar-refractivity contribution < 1.29 is 18.0 Å². The molecule has 1 aromatic carbocycles. The number of aliphatic imine (C=N–C) groups is 1. The molecule has 4 rings (SSSR count). The molecule has 3 heterocycles. The second-order valence-corrected chi connectivity index (χ2v) is 8.24. The van der Waals surface area contributed by atoms with Crippen LogP contribution in [0.4, 0.5) is 13.2 Å². The topological polar surface area (TPSA) is 35.9 Å². The number of nitrogens with zero attached hydrogens (tertiary/aromatic N) is 3. The highest BCUT2D eigenvalue weighted by Gasteiger charge is 2.37. The van der Waals surface area contributed by atoms with Gasteiger partial charge in [0, 0.05) is 19.6 Å². The summed E-state index contributed by atoms with van der Waals surface area (Å²) >= 11 is 0. The Morgan fingerprint density at radius 2 is 1.86 bits per heavy atom. The number of likely N-dealkylation sites (tertiary alicyclic amines) is 1. The van der Waals surface area contributed by atoms with Gasteiger partial charge in [-0.3, -0.25) is 9.79 Å². The average molecular weight is 405 g/mol. The summed E-state index contributed by atoms with van der Waals surface area (Å²) in [7, 11) is 2.06. The average Bonchev–Trinajstić information content (AvgIpc) is 2.99. The number of carbonyl (C=O) groups excluding carboxylic acids is 1. The number of carbonyl (C=O) groups is 1. The van der Waals surface area contributed by atoms with E-state index < -0.39 is 11.7 Å². The summed E-state index contributed by atoms with van der Waals surface area (Å²) in [5.74, 6) is -0.242. The van der Waals surface area contributed by atoms with Crippen LogP contribution in [-0.2, 0) is 11.0 Å². The molecule has 0 aliphatic carbocycles.